The first-order valence-electron chi connectivity index (χ1n) is 3.54. The second-order valence-corrected chi connectivity index (χ2v) is 4.97. The summed E-state index contributed by atoms with van der Waals surface area (Å²) < 4.78 is 118. The Labute approximate surface area is 89.6 Å². The Morgan fingerprint density at radius 2 is 1.12 bits per heavy atom. The number of sulfonamides is 1. The summed E-state index contributed by atoms with van der Waals surface area (Å²) in [6.45, 7) is -0.679. The van der Waals surface area contributed by atoms with Gasteiger partial charge in [-0.2, -0.15) is 30.7 Å². The SMILES string of the molecule is CC(F)(C(F)(F)C(F)(F)C(F)(F)F)S(N)(=O)=O. The van der Waals surface area contributed by atoms with Crippen LogP contribution in [0, 0.1) is 0 Å². The molecule has 0 aromatic heterocycles. The Hall–Kier alpha value is -0.650. The number of nitrogens with two attached hydrogens (primary N) is 1. The maximum atomic E-state index is 13.0. The maximum Gasteiger partial charge on any atom is 0.460 e. The van der Waals surface area contributed by atoms with E-state index in [0.29, 0.717) is 0 Å². The fraction of sp³-hybridized carbons (Fsp3) is 1.00. The average molecular weight is 295 g/mol. The van der Waals surface area contributed by atoms with Crippen LogP contribution in [0.1, 0.15) is 6.92 Å². The van der Waals surface area contributed by atoms with Crippen LogP contribution in [-0.4, -0.2) is 31.4 Å². The summed E-state index contributed by atoms with van der Waals surface area (Å²) >= 11 is 0. The number of rotatable bonds is 3. The van der Waals surface area contributed by atoms with E-state index in [9.17, 15) is 43.5 Å². The highest BCUT2D eigenvalue weighted by Crippen LogP contribution is 2.53. The van der Waals surface area contributed by atoms with Crippen LogP contribution >= 0.6 is 0 Å². The largest absolute Gasteiger partial charge is 0.460 e. The molecule has 0 aromatic carbocycles. The van der Waals surface area contributed by atoms with Crippen LogP contribution in [0.5, 0.6) is 0 Å². The molecule has 0 bridgehead atoms. The Morgan fingerprint density at radius 1 is 0.824 bits per heavy atom. The minimum Gasteiger partial charge on any atom is -0.226 e. The van der Waals surface area contributed by atoms with Crippen LogP contribution in [-0.2, 0) is 10.0 Å². The third-order valence-electron chi connectivity index (χ3n) is 1.85. The number of hydrogen-bond donors (Lipinski definition) is 1. The summed E-state index contributed by atoms with van der Waals surface area (Å²) in [6, 6.07) is 0. The first-order valence-corrected chi connectivity index (χ1v) is 5.08. The third-order valence-corrected chi connectivity index (χ3v) is 3.17. The van der Waals surface area contributed by atoms with Crippen molar-refractivity contribution in [2.45, 2.75) is 29.9 Å². The van der Waals surface area contributed by atoms with E-state index in [-0.39, 0.29) is 0 Å². The van der Waals surface area contributed by atoms with Crippen molar-refractivity contribution in [2.24, 2.45) is 5.14 Å². The summed E-state index contributed by atoms with van der Waals surface area (Å²) in [6.07, 6.45) is -6.84. The van der Waals surface area contributed by atoms with Gasteiger partial charge < -0.3 is 0 Å². The van der Waals surface area contributed by atoms with E-state index in [1.807, 2.05) is 0 Å². The van der Waals surface area contributed by atoms with Crippen molar-refractivity contribution in [1.82, 2.24) is 0 Å². The molecule has 17 heavy (non-hydrogen) atoms. The van der Waals surface area contributed by atoms with Crippen molar-refractivity contribution in [2.75, 3.05) is 0 Å². The zero-order valence-electron chi connectivity index (χ0n) is 7.83. The summed E-state index contributed by atoms with van der Waals surface area (Å²) in [7, 11) is -6.00. The van der Waals surface area contributed by atoms with Crippen LogP contribution in [0.3, 0.4) is 0 Å². The summed E-state index contributed by atoms with van der Waals surface area (Å²) in [5, 5.41) is -1.42. The highest BCUT2D eigenvalue weighted by atomic mass is 32.2. The van der Waals surface area contributed by atoms with Crippen molar-refractivity contribution < 1.29 is 43.5 Å². The molecule has 1 atom stereocenters. The first-order chi connectivity index (χ1) is 7.00. The molecule has 0 spiro atoms. The van der Waals surface area contributed by atoms with Crippen molar-refractivity contribution in [3.05, 3.63) is 0 Å². The molecular formula is C5H5F8NO2S. The van der Waals surface area contributed by atoms with Crippen LogP contribution in [0.4, 0.5) is 35.1 Å². The second kappa shape index (κ2) is 3.67. The van der Waals surface area contributed by atoms with E-state index in [4.69, 9.17) is 0 Å². The molecule has 0 aliphatic carbocycles. The molecule has 1 unspecified atom stereocenters. The molecule has 0 aliphatic rings. The molecule has 0 fully saturated rings. The van der Waals surface area contributed by atoms with E-state index in [1.54, 1.807) is 0 Å². The van der Waals surface area contributed by atoms with Crippen molar-refractivity contribution in [1.29, 1.82) is 0 Å². The average Bonchev–Trinajstić information content (AvgIpc) is 1.98. The van der Waals surface area contributed by atoms with Gasteiger partial charge in [-0.15, -0.1) is 0 Å². The molecule has 104 valence electrons. The molecule has 2 N–H and O–H groups in total. The molecule has 0 rings (SSSR count). The van der Waals surface area contributed by atoms with Crippen molar-refractivity contribution in [3.8, 4) is 0 Å². The van der Waals surface area contributed by atoms with Crippen molar-refractivity contribution in [3.63, 3.8) is 0 Å². The Morgan fingerprint density at radius 3 is 1.29 bits per heavy atom. The molecule has 12 heteroatoms. The van der Waals surface area contributed by atoms with Gasteiger partial charge in [-0.05, 0) is 6.92 Å². The van der Waals surface area contributed by atoms with Gasteiger partial charge in [0.1, 0.15) is 0 Å². The molecule has 0 saturated carbocycles. The lowest BCUT2D eigenvalue weighted by atomic mass is 10.1. The molecule has 0 amide bonds. The normalized spacial score (nSPS) is 18.9. The first kappa shape index (κ1) is 16.4. The molecule has 0 aliphatic heterocycles. The van der Waals surface area contributed by atoms with Gasteiger partial charge in [0.15, 0.2) is 0 Å². The van der Waals surface area contributed by atoms with Gasteiger partial charge in [0.05, 0.1) is 0 Å². The zero-order valence-corrected chi connectivity index (χ0v) is 8.64. The highest BCUT2D eigenvalue weighted by Gasteiger charge is 2.82. The van der Waals surface area contributed by atoms with Gasteiger partial charge in [-0.25, -0.2) is 17.9 Å². The van der Waals surface area contributed by atoms with Gasteiger partial charge in [-0.3, -0.25) is 0 Å². The fourth-order valence-corrected chi connectivity index (χ4v) is 1.12. The molecular weight excluding hydrogens is 290 g/mol. The second-order valence-electron chi connectivity index (χ2n) is 3.11. The summed E-state index contributed by atoms with van der Waals surface area (Å²) in [5.74, 6) is -13.5. The standard InChI is InChI=1S/C5H5F8NO2S/c1-2(6,17(14,15)16)3(7,8)4(9,10)5(11,12)13/h1H3,(H2,14,15,16). The number of halogens is 8. The zero-order chi connectivity index (χ0) is 14.5. The maximum absolute atomic E-state index is 13.0. The summed E-state index contributed by atoms with van der Waals surface area (Å²) in [4.78, 5) is 0. The smallest absolute Gasteiger partial charge is 0.226 e. The fourth-order valence-electron chi connectivity index (χ4n) is 0.637. The van der Waals surface area contributed by atoms with Gasteiger partial charge in [0.25, 0.3) is 15.0 Å². The molecule has 0 radical (unpaired) electrons. The number of alkyl halides is 8. The third kappa shape index (κ3) is 2.19. The van der Waals surface area contributed by atoms with E-state index in [0.717, 1.165) is 0 Å². The van der Waals surface area contributed by atoms with Crippen LogP contribution in [0.15, 0.2) is 0 Å². The topological polar surface area (TPSA) is 60.2 Å². The lowest BCUT2D eigenvalue weighted by Gasteiger charge is -2.34. The predicted octanol–water partition coefficient (Wildman–Crippen LogP) is 1.79. The van der Waals surface area contributed by atoms with E-state index in [1.165, 1.54) is 0 Å². The minimum atomic E-state index is -6.89. The van der Waals surface area contributed by atoms with E-state index < -0.39 is 40.0 Å². The van der Waals surface area contributed by atoms with E-state index >= 15 is 0 Å². The lowest BCUT2D eigenvalue weighted by molar-refractivity contribution is -0.369. The van der Waals surface area contributed by atoms with Crippen LogP contribution in [0.25, 0.3) is 0 Å². The number of hydrogen-bond acceptors (Lipinski definition) is 2. The summed E-state index contributed by atoms with van der Waals surface area (Å²) in [5.41, 5.74) is 0. The van der Waals surface area contributed by atoms with Gasteiger partial charge in [0, 0.05) is 0 Å². The van der Waals surface area contributed by atoms with Crippen LogP contribution in [0.2, 0.25) is 0 Å². The van der Waals surface area contributed by atoms with Gasteiger partial charge in [-0.1, -0.05) is 0 Å². The molecule has 0 heterocycles. The Balaban J connectivity index is 5.91. The Bertz CT molecular complexity index is 397. The predicted molar refractivity (Wildman–Crippen MR) is 38.6 cm³/mol. The van der Waals surface area contributed by atoms with Crippen LogP contribution < -0.4 is 5.14 Å². The van der Waals surface area contributed by atoms with E-state index in [2.05, 4.69) is 5.14 Å². The quantitative estimate of drug-likeness (QED) is 0.807. The number of primary sulfonamides is 1. The van der Waals surface area contributed by atoms with Gasteiger partial charge >= 0.3 is 18.0 Å². The molecule has 3 nitrogen and oxygen atoms in total. The minimum absolute atomic E-state index is 0.679. The molecule has 0 saturated heterocycles. The highest BCUT2D eigenvalue weighted by molar-refractivity contribution is 7.90. The molecule has 0 aromatic rings. The van der Waals surface area contributed by atoms with Gasteiger partial charge in [0.2, 0.25) is 0 Å². The van der Waals surface area contributed by atoms with Crippen molar-refractivity contribution >= 4 is 10.0 Å². The lowest BCUT2D eigenvalue weighted by Crippen LogP contribution is -2.64. The monoisotopic (exact) mass is 295 g/mol. The Kier molecular flexibility index (Phi) is 3.53.